The van der Waals surface area contributed by atoms with Gasteiger partial charge in [-0.15, -0.1) is 0 Å². The fourth-order valence-electron chi connectivity index (χ4n) is 6.64. The van der Waals surface area contributed by atoms with Crippen LogP contribution in [0.5, 0.6) is 0 Å². The average Bonchev–Trinajstić information content (AvgIpc) is 3.27. The maximum Gasteiger partial charge on any atom is 0.161 e. The molecule has 0 amide bonds. The van der Waals surface area contributed by atoms with Crippen molar-refractivity contribution in [2.75, 3.05) is 0 Å². The highest BCUT2D eigenvalue weighted by atomic mass is 14.9. The Hall–Kier alpha value is -5.08. The van der Waals surface area contributed by atoms with Crippen LogP contribution in [0.15, 0.2) is 133 Å². The summed E-state index contributed by atoms with van der Waals surface area (Å²) in [6, 6.07) is 47.6. The number of para-hydroxylation sites is 1. The molecular formula is C39H28N2. The molecule has 8 rings (SSSR count). The van der Waals surface area contributed by atoms with Gasteiger partial charge in [-0.1, -0.05) is 141 Å². The molecule has 0 fully saturated rings. The molecule has 2 nitrogen and oxygen atoms in total. The van der Waals surface area contributed by atoms with E-state index in [1.54, 1.807) is 0 Å². The fraction of sp³-hybridized carbons (Fsp3) is 0.0769. The average molecular weight is 525 g/mol. The lowest BCUT2D eigenvalue weighted by Crippen LogP contribution is -2.14. The highest BCUT2D eigenvalue weighted by Crippen LogP contribution is 2.51. The van der Waals surface area contributed by atoms with Crippen LogP contribution >= 0.6 is 0 Å². The van der Waals surface area contributed by atoms with Gasteiger partial charge in [0.05, 0.1) is 11.2 Å². The maximum atomic E-state index is 5.28. The van der Waals surface area contributed by atoms with Gasteiger partial charge in [0.25, 0.3) is 0 Å². The van der Waals surface area contributed by atoms with E-state index in [2.05, 4.69) is 147 Å². The summed E-state index contributed by atoms with van der Waals surface area (Å²) < 4.78 is 0. The second kappa shape index (κ2) is 8.97. The van der Waals surface area contributed by atoms with Gasteiger partial charge in [-0.3, -0.25) is 0 Å². The van der Waals surface area contributed by atoms with Crippen molar-refractivity contribution in [3.63, 3.8) is 0 Å². The van der Waals surface area contributed by atoms with Crippen LogP contribution in [-0.2, 0) is 5.41 Å². The molecule has 0 spiro atoms. The second-order valence-electron chi connectivity index (χ2n) is 11.4. The van der Waals surface area contributed by atoms with Gasteiger partial charge in [-0.2, -0.15) is 0 Å². The largest absolute Gasteiger partial charge is 0.228 e. The molecule has 2 heteroatoms. The number of fused-ring (bicyclic) bond motifs is 5. The summed E-state index contributed by atoms with van der Waals surface area (Å²) in [4.78, 5) is 10.4. The van der Waals surface area contributed by atoms with Crippen molar-refractivity contribution >= 4 is 21.7 Å². The third-order valence-corrected chi connectivity index (χ3v) is 8.71. The number of rotatable bonds is 3. The molecule has 6 aromatic carbocycles. The van der Waals surface area contributed by atoms with Crippen LogP contribution in [-0.4, -0.2) is 9.97 Å². The van der Waals surface area contributed by atoms with Gasteiger partial charge in [0.1, 0.15) is 0 Å². The first-order valence-corrected chi connectivity index (χ1v) is 14.2. The molecule has 1 aliphatic carbocycles. The van der Waals surface area contributed by atoms with E-state index in [9.17, 15) is 0 Å². The minimum atomic E-state index is -0.0704. The van der Waals surface area contributed by atoms with Crippen LogP contribution in [0, 0.1) is 0 Å². The predicted molar refractivity (Wildman–Crippen MR) is 171 cm³/mol. The number of nitrogens with zero attached hydrogens (tertiary/aromatic N) is 2. The topological polar surface area (TPSA) is 25.8 Å². The number of hydrogen-bond acceptors (Lipinski definition) is 2. The first-order valence-electron chi connectivity index (χ1n) is 14.2. The van der Waals surface area contributed by atoms with Gasteiger partial charge >= 0.3 is 0 Å². The Kier molecular flexibility index (Phi) is 5.20. The maximum absolute atomic E-state index is 5.28. The Labute approximate surface area is 240 Å². The minimum absolute atomic E-state index is 0.0704. The quantitative estimate of drug-likeness (QED) is 0.230. The van der Waals surface area contributed by atoms with Gasteiger partial charge < -0.3 is 0 Å². The van der Waals surface area contributed by atoms with Gasteiger partial charge in [-0.05, 0) is 50.2 Å². The molecule has 0 saturated heterocycles. The van der Waals surface area contributed by atoms with E-state index < -0.39 is 0 Å². The van der Waals surface area contributed by atoms with Crippen molar-refractivity contribution in [2.24, 2.45) is 0 Å². The van der Waals surface area contributed by atoms with Crippen LogP contribution in [0.1, 0.15) is 25.0 Å². The molecule has 0 unspecified atom stereocenters. The van der Waals surface area contributed by atoms with Crippen molar-refractivity contribution in [3.05, 3.63) is 145 Å². The predicted octanol–water partition coefficient (Wildman–Crippen LogP) is 10.1. The van der Waals surface area contributed by atoms with Crippen molar-refractivity contribution < 1.29 is 0 Å². The zero-order valence-corrected chi connectivity index (χ0v) is 23.1. The Morgan fingerprint density at radius 3 is 1.95 bits per heavy atom. The molecule has 1 aromatic heterocycles. The third kappa shape index (κ3) is 3.64. The Morgan fingerprint density at radius 1 is 0.463 bits per heavy atom. The second-order valence-corrected chi connectivity index (χ2v) is 11.4. The van der Waals surface area contributed by atoms with Gasteiger partial charge in [0, 0.05) is 21.9 Å². The standard InChI is InChI=1S/C39H28N2/c1-39(2)33-18-7-5-14-30(33)36-32(17-10-19-34(36)39)38-40-35-20-8-6-15-31(35)37(41-38)27-23-21-26(22-24-27)29-16-9-12-25-11-3-4-13-28(25)29/h3-24H,1-2H3. The van der Waals surface area contributed by atoms with Crippen LogP contribution in [0.2, 0.25) is 0 Å². The Bertz CT molecular complexity index is 2110. The number of hydrogen-bond donors (Lipinski definition) is 0. The normalized spacial score (nSPS) is 13.3. The first-order chi connectivity index (χ1) is 20.1. The van der Waals surface area contributed by atoms with Gasteiger partial charge in [0.15, 0.2) is 5.82 Å². The van der Waals surface area contributed by atoms with Crippen molar-refractivity contribution in [1.82, 2.24) is 9.97 Å². The van der Waals surface area contributed by atoms with E-state index in [1.807, 2.05) is 0 Å². The van der Waals surface area contributed by atoms with Crippen molar-refractivity contribution in [2.45, 2.75) is 19.3 Å². The number of benzene rings is 6. The van der Waals surface area contributed by atoms with Crippen molar-refractivity contribution in [1.29, 1.82) is 0 Å². The summed E-state index contributed by atoms with van der Waals surface area (Å²) >= 11 is 0. The SMILES string of the molecule is CC1(C)c2ccccc2-c2c(-c3nc(-c4ccc(-c5cccc6ccccc56)cc4)c4ccccc4n3)cccc21. The minimum Gasteiger partial charge on any atom is -0.228 e. The van der Waals surface area contributed by atoms with Crippen LogP contribution in [0.3, 0.4) is 0 Å². The third-order valence-electron chi connectivity index (χ3n) is 8.71. The molecule has 194 valence electrons. The van der Waals surface area contributed by atoms with Crippen LogP contribution in [0.4, 0.5) is 0 Å². The molecule has 41 heavy (non-hydrogen) atoms. The smallest absolute Gasteiger partial charge is 0.161 e. The first kappa shape index (κ1) is 23.8. The highest BCUT2D eigenvalue weighted by molar-refractivity contribution is 5.99. The lowest BCUT2D eigenvalue weighted by Gasteiger charge is -2.21. The fourth-order valence-corrected chi connectivity index (χ4v) is 6.64. The summed E-state index contributed by atoms with van der Waals surface area (Å²) in [7, 11) is 0. The van der Waals surface area contributed by atoms with E-state index in [1.165, 1.54) is 44.2 Å². The molecule has 0 aliphatic heterocycles. The zero-order chi connectivity index (χ0) is 27.6. The molecule has 7 aromatic rings. The Balaban J connectivity index is 1.30. The van der Waals surface area contributed by atoms with Crippen molar-refractivity contribution in [3.8, 4) is 44.9 Å². The molecule has 1 heterocycles. The van der Waals surface area contributed by atoms with Gasteiger partial charge in [-0.25, -0.2) is 9.97 Å². The lowest BCUT2D eigenvalue weighted by molar-refractivity contribution is 0.660. The summed E-state index contributed by atoms with van der Waals surface area (Å²) in [5.41, 5.74) is 11.7. The molecule has 1 aliphatic rings. The lowest BCUT2D eigenvalue weighted by atomic mass is 9.82. The molecule has 0 N–H and O–H groups in total. The van der Waals surface area contributed by atoms with E-state index in [0.717, 1.165) is 33.5 Å². The van der Waals surface area contributed by atoms with Crippen LogP contribution < -0.4 is 0 Å². The monoisotopic (exact) mass is 524 g/mol. The summed E-state index contributed by atoms with van der Waals surface area (Å²) in [6.07, 6.45) is 0. The highest BCUT2D eigenvalue weighted by Gasteiger charge is 2.37. The molecule has 0 radical (unpaired) electrons. The van der Waals surface area contributed by atoms with Gasteiger partial charge in [0.2, 0.25) is 0 Å². The molecule has 0 saturated carbocycles. The van der Waals surface area contributed by atoms with Crippen LogP contribution in [0.25, 0.3) is 66.6 Å². The summed E-state index contributed by atoms with van der Waals surface area (Å²) in [6.45, 7) is 4.62. The van der Waals surface area contributed by atoms with E-state index >= 15 is 0 Å². The molecule has 0 atom stereocenters. The number of aromatic nitrogens is 2. The zero-order valence-electron chi connectivity index (χ0n) is 23.1. The Morgan fingerprint density at radius 2 is 1.07 bits per heavy atom. The van der Waals surface area contributed by atoms with E-state index in [0.29, 0.717) is 0 Å². The van der Waals surface area contributed by atoms with E-state index in [4.69, 9.17) is 9.97 Å². The molecule has 0 bridgehead atoms. The summed E-state index contributed by atoms with van der Waals surface area (Å²) in [5, 5.41) is 3.57. The molecular weight excluding hydrogens is 496 g/mol. The summed E-state index contributed by atoms with van der Waals surface area (Å²) in [5.74, 6) is 0.765. The van der Waals surface area contributed by atoms with E-state index in [-0.39, 0.29) is 5.41 Å².